The Morgan fingerprint density at radius 3 is 1.14 bits per heavy atom. The summed E-state index contributed by atoms with van der Waals surface area (Å²) < 4.78 is 0. The van der Waals surface area contributed by atoms with Gasteiger partial charge in [-0.15, -0.1) is 7.92 Å². The zero-order valence-corrected chi connectivity index (χ0v) is 11.6. The van der Waals surface area contributed by atoms with E-state index in [1.165, 1.54) is 0 Å². The summed E-state index contributed by atoms with van der Waals surface area (Å²) >= 11 is 0. The Balaban J connectivity index is 0. The van der Waals surface area contributed by atoms with Gasteiger partial charge in [-0.2, -0.15) is 0 Å². The van der Waals surface area contributed by atoms with Gasteiger partial charge in [0.2, 0.25) is 0 Å². The summed E-state index contributed by atoms with van der Waals surface area (Å²) in [5, 5.41) is 26.0. The fraction of sp³-hybridized carbons (Fsp3) is 1.00. The van der Waals surface area contributed by atoms with Crippen molar-refractivity contribution in [1.29, 1.82) is 0 Å². The fourth-order valence-electron chi connectivity index (χ4n) is 1.22. The quantitative estimate of drug-likeness (QED) is 0.495. The first-order chi connectivity index (χ1) is 6.35. The molecule has 3 nitrogen and oxygen atoms in total. The van der Waals surface area contributed by atoms with Crippen LogP contribution >= 0.6 is 7.92 Å². The summed E-state index contributed by atoms with van der Waals surface area (Å²) in [4.78, 5) is 0. The van der Waals surface area contributed by atoms with E-state index in [4.69, 9.17) is 15.3 Å². The average molecular weight is 403 g/mol. The fourth-order valence-corrected chi connectivity index (χ4v) is 3.66. The van der Waals surface area contributed by atoms with Crippen molar-refractivity contribution in [3.63, 3.8) is 0 Å². The summed E-state index contributed by atoms with van der Waals surface area (Å²) in [6, 6.07) is 0. The second kappa shape index (κ2) is 14.0. The van der Waals surface area contributed by atoms with Gasteiger partial charge in [0.25, 0.3) is 0 Å². The molecule has 0 radical (unpaired) electrons. The Kier molecular flexibility index (Phi) is 17.4. The SMILES string of the molecule is OCCCP(CCCO)CCCO.[Pt]. The van der Waals surface area contributed by atoms with Crippen molar-refractivity contribution >= 4 is 7.92 Å². The molecule has 0 atom stereocenters. The monoisotopic (exact) mass is 403 g/mol. The molecule has 0 aliphatic heterocycles. The van der Waals surface area contributed by atoms with E-state index in [0.29, 0.717) is 0 Å². The van der Waals surface area contributed by atoms with Gasteiger partial charge in [-0.05, 0) is 37.7 Å². The van der Waals surface area contributed by atoms with E-state index in [1.54, 1.807) is 0 Å². The molecule has 0 aliphatic carbocycles. The van der Waals surface area contributed by atoms with E-state index < -0.39 is 0 Å². The van der Waals surface area contributed by atoms with Crippen molar-refractivity contribution in [3.05, 3.63) is 0 Å². The van der Waals surface area contributed by atoms with Crippen LogP contribution in [0.4, 0.5) is 0 Å². The van der Waals surface area contributed by atoms with E-state index in [0.717, 1.165) is 37.7 Å². The third kappa shape index (κ3) is 11.1. The topological polar surface area (TPSA) is 60.7 Å². The molecule has 0 saturated heterocycles. The van der Waals surface area contributed by atoms with E-state index in [1.807, 2.05) is 0 Å². The van der Waals surface area contributed by atoms with Gasteiger partial charge < -0.3 is 15.3 Å². The molecule has 90 valence electrons. The van der Waals surface area contributed by atoms with Gasteiger partial charge >= 0.3 is 0 Å². The maximum Gasteiger partial charge on any atom is 0.0434 e. The largest absolute Gasteiger partial charge is 0.396 e. The molecule has 0 aromatic heterocycles. The molecular weight excluding hydrogens is 382 g/mol. The van der Waals surface area contributed by atoms with Crippen LogP contribution in [-0.2, 0) is 21.1 Å². The second-order valence-corrected chi connectivity index (χ2v) is 5.76. The van der Waals surface area contributed by atoms with Gasteiger partial charge in [-0.1, -0.05) is 0 Å². The second-order valence-electron chi connectivity index (χ2n) is 3.07. The van der Waals surface area contributed by atoms with E-state index in [-0.39, 0.29) is 48.8 Å². The van der Waals surface area contributed by atoms with Crippen LogP contribution in [0.3, 0.4) is 0 Å². The third-order valence-corrected chi connectivity index (χ3v) is 4.74. The molecule has 0 aromatic carbocycles. The Bertz CT molecular complexity index is 87.0. The van der Waals surface area contributed by atoms with Crippen molar-refractivity contribution in [2.75, 3.05) is 38.3 Å². The summed E-state index contributed by atoms with van der Waals surface area (Å²) in [5.74, 6) is 0. The molecule has 3 N–H and O–H groups in total. The molecule has 0 spiro atoms. The van der Waals surface area contributed by atoms with Gasteiger partial charge in [-0.3, -0.25) is 0 Å². The number of rotatable bonds is 9. The minimum Gasteiger partial charge on any atom is -0.396 e. The van der Waals surface area contributed by atoms with Crippen molar-refractivity contribution < 1.29 is 36.4 Å². The minimum atomic E-state index is -0.0583. The molecule has 0 aliphatic rings. The summed E-state index contributed by atoms with van der Waals surface area (Å²) in [5.41, 5.74) is 0. The molecule has 5 heteroatoms. The Hall–Kier alpha value is 0.998. The Labute approximate surface area is 102 Å². The molecule has 0 bridgehead atoms. The van der Waals surface area contributed by atoms with Crippen molar-refractivity contribution in [1.82, 2.24) is 0 Å². The van der Waals surface area contributed by atoms with Gasteiger partial charge in [0, 0.05) is 40.9 Å². The van der Waals surface area contributed by atoms with Crippen LogP contribution < -0.4 is 0 Å². The Morgan fingerprint density at radius 1 is 0.643 bits per heavy atom. The standard InChI is InChI=1S/C9H21O3P.Pt/c10-4-1-7-13(8-2-5-11)9-3-6-12;/h10-12H,1-9H2;. The van der Waals surface area contributed by atoms with Crippen LogP contribution in [0.15, 0.2) is 0 Å². The number of aliphatic hydroxyl groups excluding tert-OH is 3. The zero-order valence-electron chi connectivity index (χ0n) is 8.47. The molecule has 14 heavy (non-hydrogen) atoms. The number of aliphatic hydroxyl groups is 3. The number of hydrogen-bond acceptors (Lipinski definition) is 3. The number of hydrogen-bond donors (Lipinski definition) is 3. The molecule has 0 saturated carbocycles. The Morgan fingerprint density at radius 2 is 0.929 bits per heavy atom. The van der Waals surface area contributed by atoms with Crippen LogP contribution in [0.25, 0.3) is 0 Å². The summed E-state index contributed by atoms with van der Waals surface area (Å²) in [6.45, 7) is 0.783. The normalized spacial score (nSPS) is 10.3. The smallest absolute Gasteiger partial charge is 0.0434 e. The zero-order chi connectivity index (χ0) is 9.94. The van der Waals surface area contributed by atoms with Crippen LogP contribution in [0.1, 0.15) is 19.3 Å². The molecule has 0 heterocycles. The van der Waals surface area contributed by atoms with Gasteiger partial charge in [0.05, 0.1) is 0 Å². The molecule has 0 rings (SSSR count). The van der Waals surface area contributed by atoms with Crippen molar-refractivity contribution in [3.8, 4) is 0 Å². The first kappa shape index (κ1) is 17.4. The predicted octanol–water partition coefficient (Wildman–Crippen LogP) is 0.613. The van der Waals surface area contributed by atoms with Crippen LogP contribution in [-0.4, -0.2) is 53.6 Å². The first-order valence-corrected chi connectivity index (χ1v) is 6.79. The van der Waals surface area contributed by atoms with Crippen LogP contribution in [0, 0.1) is 0 Å². The maximum absolute atomic E-state index is 8.68. The molecule has 0 fully saturated rings. The minimum absolute atomic E-state index is 0. The van der Waals surface area contributed by atoms with Crippen LogP contribution in [0.5, 0.6) is 0 Å². The molecule has 0 unspecified atom stereocenters. The maximum atomic E-state index is 8.68. The van der Waals surface area contributed by atoms with E-state index in [2.05, 4.69) is 0 Å². The van der Waals surface area contributed by atoms with Crippen LogP contribution in [0.2, 0.25) is 0 Å². The molecule has 0 aromatic rings. The molecule has 0 amide bonds. The average Bonchev–Trinajstić information content (AvgIpc) is 2.17. The van der Waals surface area contributed by atoms with Crippen molar-refractivity contribution in [2.24, 2.45) is 0 Å². The third-order valence-electron chi connectivity index (χ3n) is 1.90. The van der Waals surface area contributed by atoms with Gasteiger partial charge in [0.1, 0.15) is 0 Å². The van der Waals surface area contributed by atoms with Crippen molar-refractivity contribution in [2.45, 2.75) is 19.3 Å². The van der Waals surface area contributed by atoms with E-state index in [9.17, 15) is 0 Å². The predicted molar refractivity (Wildman–Crippen MR) is 56.6 cm³/mol. The van der Waals surface area contributed by atoms with Gasteiger partial charge in [0.15, 0.2) is 0 Å². The summed E-state index contributed by atoms with van der Waals surface area (Å²) in [6.07, 6.45) is 5.82. The molecular formula is C9H21O3PPt. The van der Waals surface area contributed by atoms with Gasteiger partial charge in [-0.25, -0.2) is 0 Å². The summed E-state index contributed by atoms with van der Waals surface area (Å²) in [7, 11) is -0.0583. The first-order valence-electron chi connectivity index (χ1n) is 4.90. The van der Waals surface area contributed by atoms with E-state index >= 15 is 0 Å².